The minimum Gasteiger partial charge on any atom is -0.326 e. The molecule has 0 saturated carbocycles. The van der Waals surface area contributed by atoms with Gasteiger partial charge in [-0.15, -0.1) is 0 Å². The van der Waals surface area contributed by atoms with Crippen molar-refractivity contribution in [3.63, 3.8) is 0 Å². The highest BCUT2D eigenvalue weighted by atomic mass is 32.2. The third-order valence-electron chi connectivity index (χ3n) is 5.28. The van der Waals surface area contributed by atoms with E-state index < -0.39 is 10.0 Å². The molecule has 0 unspecified atom stereocenters. The van der Waals surface area contributed by atoms with Crippen LogP contribution in [0.1, 0.15) is 47.8 Å². The van der Waals surface area contributed by atoms with Crippen molar-refractivity contribution in [1.82, 2.24) is 14.6 Å². The smallest absolute Gasteiger partial charge is 0.232 e. The Morgan fingerprint density at radius 1 is 1.22 bits per heavy atom. The molecular formula is C22H26N6O3S. The fourth-order valence-corrected chi connectivity index (χ4v) is 4.77. The second kappa shape index (κ2) is 9.36. The number of rotatable bonds is 8. The lowest BCUT2D eigenvalue weighted by atomic mass is 10.1. The topological polar surface area (TPSA) is 129 Å². The summed E-state index contributed by atoms with van der Waals surface area (Å²) in [6.45, 7) is 7.30. The monoisotopic (exact) mass is 454 g/mol. The van der Waals surface area contributed by atoms with Crippen LogP contribution in [0.5, 0.6) is 0 Å². The van der Waals surface area contributed by atoms with Crippen molar-refractivity contribution in [3.05, 3.63) is 52.5 Å². The standard InChI is InChI=1S/C22H26N6O3S/c1-5-11-32(30,31)27-20-8-6-7-19(14(20)2)26-21(29)10-9-18-15(3)25-22-17(12-23)13-24-28(22)16(18)4/h6-8,13,27H,5,9-11H2,1-4H3,(H,26,29). The highest BCUT2D eigenvalue weighted by Gasteiger charge is 2.16. The molecule has 9 nitrogen and oxygen atoms in total. The number of amides is 1. The number of hydrogen-bond donors (Lipinski definition) is 2. The van der Waals surface area contributed by atoms with Crippen LogP contribution in [0.3, 0.4) is 0 Å². The van der Waals surface area contributed by atoms with Gasteiger partial charge in [-0.05, 0) is 56.9 Å². The Kier molecular flexibility index (Phi) is 6.79. The lowest BCUT2D eigenvalue weighted by molar-refractivity contribution is -0.116. The van der Waals surface area contributed by atoms with Gasteiger partial charge in [0.15, 0.2) is 5.65 Å². The summed E-state index contributed by atoms with van der Waals surface area (Å²) >= 11 is 0. The fourth-order valence-electron chi connectivity index (χ4n) is 3.57. The molecule has 1 amide bonds. The van der Waals surface area contributed by atoms with Gasteiger partial charge < -0.3 is 5.32 Å². The lowest BCUT2D eigenvalue weighted by Gasteiger charge is -2.15. The van der Waals surface area contributed by atoms with Crippen LogP contribution in [-0.4, -0.2) is 34.7 Å². The van der Waals surface area contributed by atoms with E-state index in [-0.39, 0.29) is 18.1 Å². The number of nitrogens with zero attached hydrogens (tertiary/aromatic N) is 4. The van der Waals surface area contributed by atoms with Gasteiger partial charge in [-0.25, -0.2) is 17.9 Å². The largest absolute Gasteiger partial charge is 0.326 e. The minimum absolute atomic E-state index is 0.0339. The molecule has 2 heterocycles. The first-order valence-electron chi connectivity index (χ1n) is 10.3. The maximum Gasteiger partial charge on any atom is 0.232 e. The summed E-state index contributed by atoms with van der Waals surface area (Å²) in [6.07, 6.45) is 2.67. The van der Waals surface area contributed by atoms with Gasteiger partial charge >= 0.3 is 0 Å². The molecule has 0 aliphatic carbocycles. The Morgan fingerprint density at radius 2 is 1.94 bits per heavy atom. The van der Waals surface area contributed by atoms with Crippen LogP contribution in [0.15, 0.2) is 24.4 Å². The summed E-state index contributed by atoms with van der Waals surface area (Å²) in [5.74, 6) is -0.162. The van der Waals surface area contributed by atoms with Crippen LogP contribution < -0.4 is 10.0 Å². The number of nitrogens with one attached hydrogen (secondary N) is 2. The molecule has 3 rings (SSSR count). The molecule has 10 heteroatoms. The number of sulfonamides is 1. The van der Waals surface area contributed by atoms with Crippen molar-refractivity contribution in [1.29, 1.82) is 5.26 Å². The first-order valence-corrected chi connectivity index (χ1v) is 12.0. The van der Waals surface area contributed by atoms with Gasteiger partial charge in [0.05, 0.1) is 17.6 Å². The summed E-state index contributed by atoms with van der Waals surface area (Å²) in [7, 11) is -3.42. The third kappa shape index (κ3) is 4.89. The average molecular weight is 455 g/mol. The Morgan fingerprint density at radius 3 is 2.62 bits per heavy atom. The van der Waals surface area contributed by atoms with E-state index in [0.717, 1.165) is 17.0 Å². The number of aryl methyl sites for hydroxylation is 2. The zero-order chi connectivity index (χ0) is 23.5. The van der Waals surface area contributed by atoms with Crippen molar-refractivity contribution >= 4 is 33.0 Å². The second-order valence-electron chi connectivity index (χ2n) is 7.61. The molecule has 3 aromatic rings. The highest BCUT2D eigenvalue weighted by Crippen LogP contribution is 2.25. The summed E-state index contributed by atoms with van der Waals surface area (Å²) < 4.78 is 28.4. The number of aromatic nitrogens is 3. The Balaban J connectivity index is 1.73. The Hall–Kier alpha value is -3.45. The molecule has 2 aromatic heterocycles. The number of nitriles is 1. The van der Waals surface area contributed by atoms with E-state index >= 15 is 0 Å². The molecule has 0 saturated heterocycles. The van der Waals surface area contributed by atoms with E-state index in [4.69, 9.17) is 0 Å². The molecule has 32 heavy (non-hydrogen) atoms. The molecule has 0 aliphatic rings. The average Bonchev–Trinajstić information content (AvgIpc) is 3.13. The molecule has 1 aromatic carbocycles. The first-order chi connectivity index (χ1) is 15.2. The summed E-state index contributed by atoms with van der Waals surface area (Å²) in [5.41, 5.74) is 5.06. The molecule has 168 valence electrons. The minimum atomic E-state index is -3.42. The van der Waals surface area contributed by atoms with Crippen molar-refractivity contribution in [2.24, 2.45) is 0 Å². The lowest BCUT2D eigenvalue weighted by Crippen LogP contribution is -2.18. The number of anilines is 2. The van der Waals surface area contributed by atoms with Crippen LogP contribution >= 0.6 is 0 Å². The van der Waals surface area contributed by atoms with Gasteiger partial charge in [-0.1, -0.05) is 13.0 Å². The van der Waals surface area contributed by atoms with E-state index in [9.17, 15) is 18.5 Å². The van der Waals surface area contributed by atoms with Crippen molar-refractivity contribution < 1.29 is 13.2 Å². The van der Waals surface area contributed by atoms with E-state index in [0.29, 0.717) is 41.0 Å². The summed E-state index contributed by atoms with van der Waals surface area (Å²) in [5, 5.41) is 16.3. The summed E-state index contributed by atoms with van der Waals surface area (Å²) in [6, 6.07) is 7.19. The molecular weight excluding hydrogens is 428 g/mol. The SMILES string of the molecule is CCCS(=O)(=O)Nc1cccc(NC(=O)CCc2c(C)nc3c(C#N)cnn3c2C)c1C. The molecule has 0 bridgehead atoms. The quantitative estimate of drug-likeness (QED) is 0.537. The van der Waals surface area contributed by atoms with E-state index in [1.165, 1.54) is 6.20 Å². The third-order valence-corrected chi connectivity index (χ3v) is 6.75. The Labute approximate surface area is 187 Å². The zero-order valence-corrected chi connectivity index (χ0v) is 19.4. The van der Waals surface area contributed by atoms with Gasteiger partial charge in [-0.3, -0.25) is 9.52 Å². The number of benzene rings is 1. The van der Waals surface area contributed by atoms with Crippen LogP contribution in [0.25, 0.3) is 5.65 Å². The van der Waals surface area contributed by atoms with E-state index in [1.54, 1.807) is 36.6 Å². The van der Waals surface area contributed by atoms with Crippen molar-refractivity contribution in [2.45, 2.75) is 47.0 Å². The number of carbonyl (C=O) groups excluding carboxylic acids is 1. The van der Waals surface area contributed by atoms with Gasteiger partial charge in [0, 0.05) is 23.5 Å². The predicted octanol–water partition coefficient (Wildman–Crippen LogP) is 3.25. The predicted molar refractivity (Wildman–Crippen MR) is 123 cm³/mol. The molecule has 2 N–H and O–H groups in total. The number of hydrogen-bond acceptors (Lipinski definition) is 6. The van der Waals surface area contributed by atoms with Crippen LogP contribution in [0.2, 0.25) is 0 Å². The van der Waals surface area contributed by atoms with Crippen LogP contribution in [-0.2, 0) is 21.2 Å². The van der Waals surface area contributed by atoms with E-state index in [1.807, 2.05) is 13.8 Å². The molecule has 0 fully saturated rings. The normalized spacial score (nSPS) is 11.3. The molecule has 0 atom stereocenters. The second-order valence-corrected chi connectivity index (χ2v) is 9.46. The fraction of sp³-hybridized carbons (Fsp3) is 0.364. The molecule has 0 radical (unpaired) electrons. The number of carbonyl (C=O) groups is 1. The van der Waals surface area contributed by atoms with Crippen molar-refractivity contribution in [3.8, 4) is 6.07 Å². The van der Waals surface area contributed by atoms with Crippen molar-refractivity contribution in [2.75, 3.05) is 15.8 Å². The Bertz CT molecular complexity index is 1320. The van der Waals surface area contributed by atoms with Gasteiger partial charge in [0.2, 0.25) is 15.9 Å². The maximum absolute atomic E-state index is 12.6. The zero-order valence-electron chi connectivity index (χ0n) is 18.6. The molecule has 0 aliphatic heterocycles. The number of fused-ring (bicyclic) bond motifs is 1. The van der Waals surface area contributed by atoms with Gasteiger partial charge in [0.25, 0.3) is 0 Å². The van der Waals surface area contributed by atoms with Gasteiger partial charge in [-0.2, -0.15) is 10.4 Å². The van der Waals surface area contributed by atoms with Crippen LogP contribution in [0.4, 0.5) is 11.4 Å². The summed E-state index contributed by atoms with van der Waals surface area (Å²) in [4.78, 5) is 17.1. The first kappa shape index (κ1) is 23.2. The maximum atomic E-state index is 12.6. The molecule has 0 spiro atoms. The van der Waals surface area contributed by atoms with Gasteiger partial charge in [0.1, 0.15) is 11.6 Å². The highest BCUT2D eigenvalue weighted by molar-refractivity contribution is 7.92. The van der Waals surface area contributed by atoms with E-state index in [2.05, 4.69) is 26.2 Å². The van der Waals surface area contributed by atoms with Crippen LogP contribution in [0, 0.1) is 32.1 Å².